The number of thiol groups is 1. The van der Waals surface area contributed by atoms with Crippen molar-refractivity contribution in [2.75, 3.05) is 5.32 Å². The number of halogens is 4. The van der Waals surface area contributed by atoms with E-state index in [-0.39, 0.29) is 16.3 Å². The summed E-state index contributed by atoms with van der Waals surface area (Å²) in [6.45, 7) is 0. The summed E-state index contributed by atoms with van der Waals surface area (Å²) in [5.41, 5.74) is -2.19. The van der Waals surface area contributed by atoms with E-state index in [1.165, 1.54) is 18.3 Å². The molecule has 1 aromatic carbocycles. The molecule has 0 saturated heterocycles. The lowest BCUT2D eigenvalue weighted by atomic mass is 10.1. The first-order chi connectivity index (χ1) is 13.6. The number of hydrogen-bond acceptors (Lipinski definition) is 5. The number of aromatic nitrogens is 2. The van der Waals surface area contributed by atoms with Gasteiger partial charge in [-0.05, 0) is 30.3 Å². The number of nitrogens with one attached hydrogen (secondary N) is 2. The highest BCUT2D eigenvalue weighted by Gasteiger charge is 2.33. The van der Waals surface area contributed by atoms with E-state index < -0.39 is 40.5 Å². The first kappa shape index (κ1) is 20.4. The fourth-order valence-electron chi connectivity index (χ4n) is 2.25. The summed E-state index contributed by atoms with van der Waals surface area (Å²) in [7, 11) is 0. The maximum Gasteiger partial charge on any atom is 0.417 e. The molecular weight excluding hydrogens is 414 g/mol. The van der Waals surface area contributed by atoms with E-state index in [9.17, 15) is 27.2 Å². The molecule has 3 aromatic rings. The molecule has 0 aliphatic carbocycles. The molecule has 0 saturated carbocycles. The van der Waals surface area contributed by atoms with Crippen molar-refractivity contribution in [2.45, 2.75) is 11.1 Å². The van der Waals surface area contributed by atoms with Gasteiger partial charge in [-0.15, -0.1) is 12.6 Å². The van der Waals surface area contributed by atoms with Crippen molar-refractivity contribution in [1.29, 1.82) is 0 Å². The van der Waals surface area contributed by atoms with Crippen LogP contribution in [0.4, 0.5) is 23.2 Å². The number of carbonyl (C=O) groups is 1. The molecule has 0 fully saturated rings. The number of carbonyl (C=O) groups excluding carboxylic acids is 1. The first-order valence-corrected chi connectivity index (χ1v) is 8.32. The van der Waals surface area contributed by atoms with Gasteiger partial charge >= 0.3 is 6.18 Å². The van der Waals surface area contributed by atoms with Gasteiger partial charge in [-0.25, -0.2) is 9.37 Å². The Balaban J connectivity index is 2.01. The third kappa shape index (κ3) is 4.93. The minimum absolute atomic E-state index is 0.0211. The van der Waals surface area contributed by atoms with Crippen LogP contribution in [0.1, 0.15) is 15.9 Å². The molecule has 1 amide bonds. The summed E-state index contributed by atoms with van der Waals surface area (Å²) >= 11 is 4.03. The van der Waals surface area contributed by atoms with Crippen molar-refractivity contribution in [2.24, 2.45) is 0 Å². The lowest BCUT2D eigenvalue weighted by molar-refractivity contribution is -0.137. The van der Waals surface area contributed by atoms with Crippen molar-refractivity contribution in [1.82, 2.24) is 9.97 Å². The van der Waals surface area contributed by atoms with Gasteiger partial charge in [0.25, 0.3) is 5.91 Å². The number of alkyl halides is 3. The molecule has 150 valence electrons. The van der Waals surface area contributed by atoms with E-state index in [0.29, 0.717) is 12.3 Å². The molecule has 0 unspecified atom stereocenters. The molecule has 29 heavy (non-hydrogen) atoms. The normalized spacial score (nSPS) is 11.2. The number of anilines is 1. The van der Waals surface area contributed by atoms with E-state index in [0.717, 1.165) is 18.2 Å². The predicted molar refractivity (Wildman–Crippen MR) is 98.0 cm³/mol. The van der Waals surface area contributed by atoms with Crippen molar-refractivity contribution in [3.63, 3.8) is 0 Å². The largest absolute Gasteiger partial charge is 0.437 e. The molecule has 0 spiro atoms. The van der Waals surface area contributed by atoms with Gasteiger partial charge in [-0.3, -0.25) is 9.59 Å². The van der Waals surface area contributed by atoms with Crippen LogP contribution in [0, 0.1) is 5.82 Å². The van der Waals surface area contributed by atoms with Crippen molar-refractivity contribution >= 4 is 24.2 Å². The molecule has 2 heterocycles. The van der Waals surface area contributed by atoms with Crippen LogP contribution < -0.4 is 15.6 Å². The number of ether oxygens (including phenoxy) is 1. The summed E-state index contributed by atoms with van der Waals surface area (Å²) in [6.07, 6.45) is -3.00. The summed E-state index contributed by atoms with van der Waals surface area (Å²) in [6, 6.07) is 6.22. The van der Waals surface area contributed by atoms with E-state index in [4.69, 9.17) is 4.74 Å². The maximum absolute atomic E-state index is 13.2. The van der Waals surface area contributed by atoms with Gasteiger partial charge in [0.2, 0.25) is 11.4 Å². The van der Waals surface area contributed by atoms with E-state index in [1.54, 1.807) is 0 Å². The van der Waals surface area contributed by atoms with E-state index >= 15 is 0 Å². The quantitative estimate of drug-likeness (QED) is 0.431. The molecule has 3 rings (SSSR count). The van der Waals surface area contributed by atoms with Crippen molar-refractivity contribution in [3.05, 3.63) is 76.1 Å². The standard InChI is InChI=1S/C18H11F4N3O3S/c19-10-1-2-13(14(29)6-10)28-17-12(5-9(8-24-17)18(20,21)22)16(27)25-11-3-4-23-15(26)7-11/h1-8,29H,(H2,23,25,26,27). The second-order valence-electron chi connectivity index (χ2n) is 5.68. The van der Waals surface area contributed by atoms with Gasteiger partial charge < -0.3 is 15.0 Å². The number of aromatic amines is 1. The summed E-state index contributed by atoms with van der Waals surface area (Å²) in [5, 5.41) is 2.30. The molecule has 0 radical (unpaired) electrons. The molecular formula is C18H11F4N3O3S. The minimum atomic E-state index is -4.75. The van der Waals surface area contributed by atoms with Crippen LogP contribution in [0.3, 0.4) is 0 Å². The topological polar surface area (TPSA) is 84.1 Å². The summed E-state index contributed by atoms with van der Waals surface area (Å²) in [4.78, 5) is 29.9. The molecule has 2 aromatic heterocycles. The molecule has 11 heteroatoms. The zero-order valence-electron chi connectivity index (χ0n) is 14.2. The second kappa shape index (κ2) is 7.95. The fraction of sp³-hybridized carbons (Fsp3) is 0.0556. The Labute approximate surface area is 166 Å². The smallest absolute Gasteiger partial charge is 0.417 e. The highest BCUT2D eigenvalue weighted by atomic mass is 32.1. The van der Waals surface area contributed by atoms with Crippen LogP contribution in [-0.2, 0) is 6.18 Å². The van der Waals surface area contributed by atoms with Crippen LogP contribution in [0.5, 0.6) is 11.6 Å². The van der Waals surface area contributed by atoms with Crippen LogP contribution in [0.25, 0.3) is 0 Å². The predicted octanol–water partition coefficient (Wildman–Crippen LogP) is 4.26. The zero-order chi connectivity index (χ0) is 21.2. The van der Waals surface area contributed by atoms with E-state index in [1.807, 2.05) is 0 Å². The molecule has 6 nitrogen and oxygen atoms in total. The molecule has 0 aliphatic rings. The number of hydrogen-bond donors (Lipinski definition) is 3. The molecule has 0 aliphatic heterocycles. The SMILES string of the molecule is O=C(Nc1cc[nH]c(=O)c1)c1cc(C(F)(F)F)cnc1Oc1ccc(F)cc1S. The third-order valence-electron chi connectivity index (χ3n) is 3.58. The van der Waals surface area contributed by atoms with Gasteiger partial charge in [0.05, 0.1) is 5.56 Å². The Morgan fingerprint density at radius 3 is 2.59 bits per heavy atom. The summed E-state index contributed by atoms with van der Waals surface area (Å²) in [5.74, 6) is -2.07. The number of nitrogens with zero attached hydrogens (tertiary/aromatic N) is 1. The first-order valence-electron chi connectivity index (χ1n) is 7.87. The number of amides is 1. The van der Waals surface area contributed by atoms with Crippen molar-refractivity contribution < 1.29 is 27.1 Å². The average Bonchev–Trinajstić information content (AvgIpc) is 2.63. The zero-order valence-corrected chi connectivity index (χ0v) is 15.1. The van der Waals surface area contributed by atoms with E-state index in [2.05, 4.69) is 27.9 Å². The Morgan fingerprint density at radius 1 is 1.17 bits per heavy atom. The molecule has 0 bridgehead atoms. The molecule has 0 atom stereocenters. The number of pyridine rings is 2. The number of H-pyrrole nitrogens is 1. The number of rotatable bonds is 4. The summed E-state index contributed by atoms with van der Waals surface area (Å²) < 4.78 is 57.8. The lowest BCUT2D eigenvalue weighted by Crippen LogP contribution is -2.17. The van der Waals surface area contributed by atoms with Gasteiger partial charge in [0.15, 0.2) is 0 Å². The minimum Gasteiger partial charge on any atom is -0.437 e. The Kier molecular flexibility index (Phi) is 5.59. The molecule has 2 N–H and O–H groups in total. The number of benzene rings is 1. The Hall–Kier alpha value is -3.34. The highest BCUT2D eigenvalue weighted by Crippen LogP contribution is 2.34. The third-order valence-corrected chi connectivity index (χ3v) is 3.93. The average molecular weight is 425 g/mol. The lowest BCUT2D eigenvalue weighted by Gasteiger charge is -2.14. The Morgan fingerprint density at radius 2 is 1.93 bits per heavy atom. The van der Waals surface area contributed by atoms with Gasteiger partial charge in [0.1, 0.15) is 17.1 Å². The van der Waals surface area contributed by atoms with Gasteiger partial charge in [-0.1, -0.05) is 0 Å². The van der Waals surface area contributed by atoms with Crippen LogP contribution in [0.2, 0.25) is 0 Å². The van der Waals surface area contributed by atoms with Crippen LogP contribution in [-0.4, -0.2) is 15.9 Å². The highest BCUT2D eigenvalue weighted by molar-refractivity contribution is 7.80. The van der Waals surface area contributed by atoms with Crippen LogP contribution >= 0.6 is 12.6 Å². The fourth-order valence-corrected chi connectivity index (χ4v) is 2.50. The van der Waals surface area contributed by atoms with Gasteiger partial charge in [0, 0.05) is 29.0 Å². The van der Waals surface area contributed by atoms with Crippen molar-refractivity contribution in [3.8, 4) is 11.6 Å². The van der Waals surface area contributed by atoms with Gasteiger partial charge in [-0.2, -0.15) is 13.2 Å². The monoisotopic (exact) mass is 425 g/mol. The maximum atomic E-state index is 13.2. The second-order valence-corrected chi connectivity index (χ2v) is 6.17. The van der Waals surface area contributed by atoms with Crippen LogP contribution in [0.15, 0.2) is 58.5 Å². The Bertz CT molecular complexity index is 1130.